The highest BCUT2D eigenvalue weighted by atomic mass is 127. The van der Waals surface area contributed by atoms with Gasteiger partial charge in [-0.3, -0.25) is 13.7 Å². The van der Waals surface area contributed by atoms with E-state index in [0.29, 0.717) is 47.9 Å². The van der Waals surface area contributed by atoms with E-state index in [-0.39, 0.29) is 11.7 Å². The van der Waals surface area contributed by atoms with Crippen molar-refractivity contribution >= 4 is 54.0 Å². The second-order valence-electron chi connectivity index (χ2n) is 6.14. The molecule has 2 heterocycles. The fraction of sp³-hybridized carbons (Fsp3) is 0.350. The maximum absolute atomic E-state index is 12.0. The molecule has 0 amide bonds. The van der Waals surface area contributed by atoms with Crippen molar-refractivity contribution in [3.8, 4) is 28.8 Å². The number of ether oxygens (including phenoxy) is 3. The van der Waals surface area contributed by atoms with Gasteiger partial charge in [-0.25, -0.2) is 0 Å². The molecule has 3 aromatic rings. The number of nitrogens with zero attached hydrogens (tertiary/aromatic N) is 4. The Bertz CT molecular complexity index is 993. The number of esters is 1. The van der Waals surface area contributed by atoms with Crippen LogP contribution in [0.4, 0.5) is 5.95 Å². The molecule has 0 fully saturated rings. The average molecular weight is 590 g/mol. The van der Waals surface area contributed by atoms with Gasteiger partial charge in [0.2, 0.25) is 11.8 Å². The molecule has 0 atom stereocenters. The van der Waals surface area contributed by atoms with Gasteiger partial charge in [0, 0.05) is 12.3 Å². The first-order chi connectivity index (χ1) is 15.6. The van der Waals surface area contributed by atoms with Gasteiger partial charge in [0.05, 0.1) is 27.1 Å². The Labute approximate surface area is 206 Å². The molecule has 172 valence electrons. The normalized spacial score (nSPS) is 10.8. The molecule has 9 nitrogen and oxygen atoms in total. The zero-order valence-corrected chi connectivity index (χ0v) is 21.6. The van der Waals surface area contributed by atoms with Crippen LogP contribution < -0.4 is 13.8 Å². The Morgan fingerprint density at radius 2 is 1.94 bits per heavy atom. The van der Waals surface area contributed by atoms with E-state index in [4.69, 9.17) is 18.6 Å². The molecule has 0 radical (unpaired) electrons. The van der Waals surface area contributed by atoms with E-state index in [2.05, 4.69) is 31.4 Å². The zero-order chi connectivity index (χ0) is 22.9. The molecule has 0 spiro atoms. The number of methoxy groups -OCH3 is 2. The van der Waals surface area contributed by atoms with Gasteiger partial charge < -0.3 is 18.6 Å². The molecule has 0 N–H and O–H groups in total. The maximum atomic E-state index is 12.0. The molecule has 3 rings (SSSR count). The molecule has 0 aliphatic heterocycles. The Kier molecular flexibility index (Phi) is 9.41. The summed E-state index contributed by atoms with van der Waals surface area (Å²) in [7, 11) is 4.85. The maximum Gasteiger partial charge on any atom is 0.317 e. The first-order valence-corrected chi connectivity index (χ1v) is 14.1. The molecular weight excluding hydrogens is 567 g/mol. The van der Waals surface area contributed by atoms with Crippen LogP contribution >= 0.6 is 42.1 Å². The number of aromatic nitrogens is 3. The third-order valence-electron chi connectivity index (χ3n) is 4.25. The van der Waals surface area contributed by atoms with Crippen molar-refractivity contribution in [3.63, 3.8) is 0 Å². The minimum Gasteiger partial charge on any atom is -0.494 e. The van der Waals surface area contributed by atoms with E-state index in [0.717, 1.165) is 5.75 Å². The van der Waals surface area contributed by atoms with Gasteiger partial charge in [0.25, 0.3) is 0 Å². The highest BCUT2D eigenvalue weighted by molar-refractivity contribution is 14.2. The van der Waals surface area contributed by atoms with Crippen LogP contribution in [0.3, 0.4) is 0 Å². The van der Waals surface area contributed by atoms with E-state index >= 15 is 0 Å². The summed E-state index contributed by atoms with van der Waals surface area (Å²) in [6.07, 6.45) is 1.58. The minimum absolute atomic E-state index is 0.145. The quantitative estimate of drug-likeness (QED) is 0.169. The lowest BCUT2D eigenvalue weighted by molar-refractivity contribution is -0.139. The first-order valence-electron chi connectivity index (χ1n) is 9.64. The van der Waals surface area contributed by atoms with Gasteiger partial charge in [-0.15, -0.1) is 10.2 Å². The van der Waals surface area contributed by atoms with Crippen molar-refractivity contribution in [1.82, 2.24) is 14.8 Å². The van der Waals surface area contributed by atoms with Crippen LogP contribution in [0.5, 0.6) is 11.5 Å². The van der Waals surface area contributed by atoms with Gasteiger partial charge in [0.15, 0.2) is 5.76 Å². The highest BCUT2D eigenvalue weighted by Gasteiger charge is 2.27. The summed E-state index contributed by atoms with van der Waals surface area (Å²) in [5, 5.41) is 8.87. The number of benzene rings is 1. The molecule has 2 aromatic heterocycles. The molecular formula is C20H23IN4O5S2. The van der Waals surface area contributed by atoms with E-state index in [1.807, 2.05) is 33.1 Å². The highest BCUT2D eigenvalue weighted by Crippen LogP contribution is 2.39. The molecule has 0 saturated heterocycles. The summed E-state index contributed by atoms with van der Waals surface area (Å²) < 4.78 is 25.7. The fourth-order valence-electron chi connectivity index (χ4n) is 2.93. The standard InChI is InChI=1S/C20H23IN4O5S2/c1-4-29-17(26)13-32-24(10-12-31-21)20-23-22-19(16-9-6-11-30-16)25(20)18-14(27-2)7-5-8-15(18)28-3/h5-9,11H,4,10,12-13H2,1-3H3. The van der Waals surface area contributed by atoms with Crippen molar-refractivity contribution in [3.05, 3.63) is 36.6 Å². The van der Waals surface area contributed by atoms with Gasteiger partial charge in [0.1, 0.15) is 22.9 Å². The smallest absolute Gasteiger partial charge is 0.317 e. The summed E-state index contributed by atoms with van der Waals surface area (Å²) in [4.78, 5) is 12.0. The van der Waals surface area contributed by atoms with Gasteiger partial charge in [-0.05, 0) is 64.3 Å². The van der Waals surface area contributed by atoms with Crippen molar-refractivity contribution in [2.75, 3.05) is 43.2 Å². The van der Waals surface area contributed by atoms with Gasteiger partial charge in [-0.1, -0.05) is 15.0 Å². The first kappa shape index (κ1) is 24.6. The van der Waals surface area contributed by atoms with Crippen molar-refractivity contribution < 1.29 is 23.4 Å². The van der Waals surface area contributed by atoms with Crippen molar-refractivity contribution in [2.45, 2.75) is 6.92 Å². The molecule has 0 aliphatic carbocycles. The summed E-state index contributed by atoms with van der Waals surface area (Å²) in [5.74, 6) is 3.35. The number of hydrogen-bond acceptors (Lipinski definition) is 10. The SMILES string of the molecule is CCOC(=O)CSN(CCSI)c1nnc(-c2ccco2)n1-c1c(OC)cccc1OC. The molecule has 0 aliphatic rings. The van der Waals surface area contributed by atoms with E-state index in [1.54, 1.807) is 42.4 Å². The summed E-state index contributed by atoms with van der Waals surface area (Å²) >= 11 is 3.56. The molecule has 0 unspecified atom stereocenters. The van der Waals surface area contributed by atoms with Crippen LogP contribution in [0.25, 0.3) is 17.3 Å². The van der Waals surface area contributed by atoms with Crippen molar-refractivity contribution in [2.24, 2.45) is 0 Å². The predicted molar refractivity (Wildman–Crippen MR) is 135 cm³/mol. The molecule has 1 aromatic carbocycles. The largest absolute Gasteiger partial charge is 0.494 e. The van der Waals surface area contributed by atoms with Crippen LogP contribution in [-0.2, 0) is 9.53 Å². The third kappa shape index (κ3) is 5.64. The Balaban J connectivity index is 2.15. The Morgan fingerprint density at radius 3 is 2.53 bits per heavy atom. The fourth-order valence-corrected chi connectivity index (χ4v) is 4.69. The Hall–Kier alpha value is -2.06. The topological polar surface area (TPSA) is 91.9 Å². The molecule has 32 heavy (non-hydrogen) atoms. The monoisotopic (exact) mass is 590 g/mol. The lowest BCUT2D eigenvalue weighted by atomic mass is 10.2. The van der Waals surface area contributed by atoms with Gasteiger partial charge in [-0.2, -0.15) is 0 Å². The summed E-state index contributed by atoms with van der Waals surface area (Å²) in [5.41, 5.74) is 0.632. The molecule has 12 heteroatoms. The third-order valence-corrected chi connectivity index (χ3v) is 6.93. The van der Waals surface area contributed by atoms with Crippen LogP contribution in [0.2, 0.25) is 0 Å². The Morgan fingerprint density at radius 1 is 1.19 bits per heavy atom. The van der Waals surface area contributed by atoms with Crippen molar-refractivity contribution in [1.29, 1.82) is 0 Å². The molecule has 0 saturated carbocycles. The molecule has 0 bridgehead atoms. The predicted octanol–water partition coefficient (Wildman–Crippen LogP) is 4.65. The summed E-state index contributed by atoms with van der Waals surface area (Å²) in [6.45, 7) is 2.74. The number of carbonyl (C=O) groups excluding carboxylic acids is 1. The second-order valence-corrected chi connectivity index (χ2v) is 9.62. The summed E-state index contributed by atoms with van der Waals surface area (Å²) in [6, 6.07) is 9.11. The average Bonchev–Trinajstić information content (AvgIpc) is 3.48. The number of furan rings is 1. The minimum atomic E-state index is -0.295. The van der Waals surface area contributed by atoms with Crippen LogP contribution in [0.1, 0.15) is 6.92 Å². The number of para-hydroxylation sites is 1. The number of halogens is 1. The zero-order valence-electron chi connectivity index (χ0n) is 17.8. The number of rotatable bonds is 12. The number of anilines is 1. The lowest BCUT2D eigenvalue weighted by Gasteiger charge is -2.23. The van der Waals surface area contributed by atoms with Crippen LogP contribution in [-0.4, -0.2) is 59.6 Å². The number of carbonyl (C=O) groups is 1. The lowest BCUT2D eigenvalue weighted by Crippen LogP contribution is -2.24. The van der Waals surface area contributed by atoms with Crippen LogP contribution in [0.15, 0.2) is 41.0 Å². The van der Waals surface area contributed by atoms with E-state index < -0.39 is 0 Å². The number of hydrogen-bond donors (Lipinski definition) is 0. The van der Waals surface area contributed by atoms with E-state index in [9.17, 15) is 4.79 Å². The second kappa shape index (κ2) is 12.3. The van der Waals surface area contributed by atoms with E-state index in [1.165, 1.54) is 11.9 Å². The van der Waals surface area contributed by atoms with Crippen LogP contribution in [0, 0.1) is 0 Å². The van der Waals surface area contributed by atoms with Gasteiger partial charge >= 0.3 is 5.97 Å².